The minimum Gasteiger partial charge on any atom is -0.463 e. The maximum absolute atomic E-state index is 11.4. The van der Waals surface area contributed by atoms with Gasteiger partial charge in [-0.2, -0.15) is 0 Å². The Kier molecular flexibility index (Phi) is 8.50. The number of carbonyl (C=O) groups excluding carboxylic acids is 1. The quantitative estimate of drug-likeness (QED) is 0.340. The van der Waals surface area contributed by atoms with Crippen molar-refractivity contribution in [2.24, 2.45) is 0 Å². The lowest BCUT2D eigenvalue weighted by atomic mass is 10.3. The average Bonchev–Trinajstić information content (AvgIpc) is 2.23. The van der Waals surface area contributed by atoms with Gasteiger partial charge in [0.25, 0.3) is 0 Å². The van der Waals surface area contributed by atoms with E-state index in [2.05, 4.69) is 52.8 Å². The molecule has 0 spiro atoms. The van der Waals surface area contributed by atoms with E-state index in [1.807, 2.05) is 0 Å². The molecule has 0 aromatic carbocycles. The Balaban J connectivity index is 4.83. The van der Waals surface area contributed by atoms with Gasteiger partial charge in [-0.25, -0.2) is 4.79 Å². The Hall–Kier alpha value is -0.219. The number of esters is 1. The maximum Gasteiger partial charge on any atom is 0.330 e. The van der Waals surface area contributed by atoms with Gasteiger partial charge in [0.1, 0.15) is 0 Å². The summed E-state index contributed by atoms with van der Waals surface area (Å²) in [7, 11) is -5.68. The molecule has 0 saturated heterocycles. The molecule has 0 saturated carbocycles. The molecule has 0 amide bonds. The first-order valence-corrected chi connectivity index (χ1v) is 17.2. The minimum absolute atomic E-state index is 0.282. The Bertz CT molecular complexity index is 367. The van der Waals surface area contributed by atoms with E-state index in [4.69, 9.17) is 13.0 Å². The van der Waals surface area contributed by atoms with Gasteiger partial charge in [-0.1, -0.05) is 13.0 Å². The summed E-state index contributed by atoms with van der Waals surface area (Å²) in [6.45, 7) is 19.7. The van der Waals surface area contributed by atoms with Crippen LogP contribution in [-0.2, 0) is 17.8 Å². The summed E-state index contributed by atoms with van der Waals surface area (Å²) in [6, 6.07) is 0. The summed E-state index contributed by atoms with van der Waals surface area (Å²) >= 11 is 0. The van der Waals surface area contributed by atoms with Gasteiger partial charge in [0.05, 0.1) is 6.61 Å². The lowest BCUT2D eigenvalue weighted by Gasteiger charge is -2.42. The first-order chi connectivity index (χ1) is 9.79. The van der Waals surface area contributed by atoms with Crippen molar-refractivity contribution < 1.29 is 17.8 Å². The number of hydrogen-bond acceptors (Lipinski definition) is 4. The largest absolute Gasteiger partial charge is 0.463 e. The van der Waals surface area contributed by atoms with Crippen LogP contribution in [0.1, 0.15) is 20.3 Å². The van der Waals surface area contributed by atoms with Crippen molar-refractivity contribution in [1.29, 1.82) is 0 Å². The molecule has 0 aromatic rings. The van der Waals surface area contributed by atoms with Crippen molar-refractivity contribution in [2.45, 2.75) is 71.6 Å². The van der Waals surface area contributed by atoms with Gasteiger partial charge in [0, 0.05) is 11.6 Å². The van der Waals surface area contributed by atoms with Gasteiger partial charge in [0.15, 0.2) is 16.6 Å². The molecule has 1 atom stereocenters. The van der Waals surface area contributed by atoms with Crippen molar-refractivity contribution in [3.05, 3.63) is 12.2 Å². The first-order valence-electron chi connectivity index (χ1n) is 7.99. The Morgan fingerprint density at radius 2 is 1.45 bits per heavy atom. The fourth-order valence-corrected chi connectivity index (χ4v) is 14.7. The zero-order valence-corrected chi connectivity index (χ0v) is 18.8. The second-order valence-electron chi connectivity index (χ2n) is 7.80. The van der Waals surface area contributed by atoms with E-state index in [-0.39, 0.29) is 11.5 Å². The molecule has 0 N–H and O–H groups in total. The maximum atomic E-state index is 11.4. The highest BCUT2D eigenvalue weighted by Gasteiger charge is 2.44. The summed E-state index contributed by atoms with van der Waals surface area (Å²) in [4.78, 5) is 11.4. The Morgan fingerprint density at radius 1 is 1.00 bits per heavy atom. The monoisotopic (exact) mass is 362 g/mol. The highest BCUT2D eigenvalue weighted by molar-refractivity contribution is 6.88. The third-order valence-electron chi connectivity index (χ3n) is 3.01. The summed E-state index contributed by atoms with van der Waals surface area (Å²) in [5, 5.41) is 0. The molecular formula is C15H34O4Si3. The molecule has 0 bridgehead atoms. The zero-order valence-electron chi connectivity index (χ0n) is 15.8. The molecule has 4 nitrogen and oxygen atoms in total. The predicted molar refractivity (Wildman–Crippen MR) is 100 cm³/mol. The third-order valence-corrected chi connectivity index (χ3v) is 13.2. The van der Waals surface area contributed by atoms with Crippen LogP contribution in [0.15, 0.2) is 12.2 Å². The molecular weight excluding hydrogens is 328 g/mol. The topological polar surface area (TPSA) is 44.8 Å². The average molecular weight is 363 g/mol. The van der Waals surface area contributed by atoms with Gasteiger partial charge < -0.3 is 13.0 Å². The van der Waals surface area contributed by atoms with Crippen LogP contribution < -0.4 is 0 Å². The lowest BCUT2D eigenvalue weighted by molar-refractivity contribution is -0.137. The fraction of sp³-hybridized carbons (Fsp3) is 0.800. The van der Waals surface area contributed by atoms with Gasteiger partial charge in [-0.05, 0) is 59.2 Å². The highest BCUT2D eigenvalue weighted by atomic mass is 28.5. The Labute approximate surface area is 139 Å². The molecule has 0 rings (SSSR count). The van der Waals surface area contributed by atoms with Crippen LogP contribution in [0.4, 0.5) is 0 Å². The SMILES string of the molecule is CC=CC(=O)OCCC(C)[Si](C)(O[Si](C)(C)C)O[Si](C)(C)C. The van der Waals surface area contributed by atoms with E-state index in [0.29, 0.717) is 6.61 Å². The molecule has 22 heavy (non-hydrogen) atoms. The molecule has 0 fully saturated rings. The van der Waals surface area contributed by atoms with Crippen molar-refractivity contribution >= 4 is 31.2 Å². The van der Waals surface area contributed by atoms with Crippen LogP contribution in [0.3, 0.4) is 0 Å². The second kappa shape index (κ2) is 8.58. The number of rotatable bonds is 9. The van der Waals surface area contributed by atoms with Crippen molar-refractivity contribution in [1.82, 2.24) is 0 Å². The lowest BCUT2D eigenvalue weighted by Crippen LogP contribution is -2.55. The van der Waals surface area contributed by atoms with E-state index in [1.165, 1.54) is 6.08 Å². The van der Waals surface area contributed by atoms with E-state index < -0.39 is 25.2 Å². The first kappa shape index (κ1) is 21.8. The molecule has 0 heterocycles. The molecule has 7 heteroatoms. The van der Waals surface area contributed by atoms with Crippen molar-refractivity contribution in [3.63, 3.8) is 0 Å². The molecule has 1 unspecified atom stereocenters. The standard InChI is InChI=1S/C15H34O4Si3/c1-10-11-15(16)17-13-12-14(2)22(9,18-20(3,4)5)19-21(6,7)8/h10-11,14H,12-13H2,1-9H3. The van der Waals surface area contributed by atoms with E-state index >= 15 is 0 Å². The zero-order chi connectivity index (χ0) is 17.6. The molecule has 0 aromatic heterocycles. The summed E-state index contributed by atoms with van der Waals surface area (Å²) in [5.74, 6) is -0.282. The summed E-state index contributed by atoms with van der Waals surface area (Å²) < 4.78 is 18.2. The van der Waals surface area contributed by atoms with Gasteiger partial charge in [-0.3, -0.25) is 0 Å². The summed E-state index contributed by atoms with van der Waals surface area (Å²) in [5.41, 5.74) is 0.282. The van der Waals surface area contributed by atoms with E-state index in [0.717, 1.165) is 6.42 Å². The van der Waals surface area contributed by atoms with Crippen LogP contribution >= 0.6 is 0 Å². The van der Waals surface area contributed by atoms with E-state index in [1.54, 1.807) is 13.0 Å². The van der Waals surface area contributed by atoms with Gasteiger partial charge in [-0.15, -0.1) is 0 Å². The smallest absolute Gasteiger partial charge is 0.330 e. The third kappa shape index (κ3) is 9.73. The number of ether oxygens (including phenoxy) is 1. The highest BCUT2D eigenvalue weighted by Crippen LogP contribution is 2.32. The predicted octanol–water partition coefficient (Wildman–Crippen LogP) is 4.66. The van der Waals surface area contributed by atoms with Crippen LogP contribution in [0, 0.1) is 0 Å². The fourth-order valence-electron chi connectivity index (χ4n) is 2.22. The number of carbonyl (C=O) groups is 1. The molecule has 130 valence electrons. The molecule has 0 aliphatic rings. The normalized spacial score (nSPS) is 15.1. The van der Waals surface area contributed by atoms with Crippen LogP contribution in [0.25, 0.3) is 0 Å². The van der Waals surface area contributed by atoms with Gasteiger partial charge in [0.2, 0.25) is 0 Å². The molecule has 0 radical (unpaired) electrons. The second-order valence-corrected chi connectivity index (χ2v) is 20.9. The van der Waals surface area contributed by atoms with Crippen LogP contribution in [0.5, 0.6) is 0 Å². The summed E-state index contributed by atoms with van der Waals surface area (Å²) in [6.07, 6.45) is 3.91. The van der Waals surface area contributed by atoms with Crippen LogP contribution in [-0.4, -0.2) is 37.8 Å². The minimum atomic E-state index is -2.30. The van der Waals surface area contributed by atoms with Crippen molar-refractivity contribution in [2.75, 3.05) is 6.61 Å². The molecule has 0 aliphatic carbocycles. The van der Waals surface area contributed by atoms with E-state index in [9.17, 15) is 4.79 Å². The molecule has 0 aliphatic heterocycles. The van der Waals surface area contributed by atoms with Crippen molar-refractivity contribution in [3.8, 4) is 0 Å². The number of allylic oxidation sites excluding steroid dienone is 1. The Morgan fingerprint density at radius 3 is 1.82 bits per heavy atom. The van der Waals surface area contributed by atoms with Crippen LogP contribution in [0.2, 0.25) is 51.4 Å². The van der Waals surface area contributed by atoms with Gasteiger partial charge >= 0.3 is 14.5 Å². The number of hydrogen-bond donors (Lipinski definition) is 0.